The fourth-order valence-electron chi connectivity index (χ4n) is 2.01. The molecule has 2 atom stereocenters. The number of thiazole rings is 1. The van der Waals surface area contributed by atoms with E-state index >= 15 is 0 Å². The van der Waals surface area contributed by atoms with Crippen LogP contribution in [0.5, 0.6) is 0 Å². The Hall–Kier alpha value is -0.930. The van der Waals surface area contributed by atoms with Gasteiger partial charge in [0, 0.05) is 6.42 Å². The van der Waals surface area contributed by atoms with E-state index in [1.54, 1.807) is 0 Å². The second kappa shape index (κ2) is 5.61. The Bertz CT molecular complexity index is 445. The van der Waals surface area contributed by atoms with E-state index in [9.17, 15) is 0 Å². The SMILES string of the molecule is CNCC(C)C(C)Cc1nc2ccccc2s1. The summed E-state index contributed by atoms with van der Waals surface area (Å²) in [6.45, 7) is 5.69. The van der Waals surface area contributed by atoms with Crippen molar-refractivity contribution in [2.24, 2.45) is 11.8 Å². The van der Waals surface area contributed by atoms with E-state index in [1.807, 2.05) is 18.4 Å². The van der Waals surface area contributed by atoms with Gasteiger partial charge in [0.1, 0.15) is 0 Å². The van der Waals surface area contributed by atoms with Gasteiger partial charge < -0.3 is 5.32 Å². The second-order valence-electron chi connectivity index (χ2n) is 4.79. The molecule has 0 radical (unpaired) electrons. The lowest BCUT2D eigenvalue weighted by Crippen LogP contribution is -2.23. The van der Waals surface area contributed by atoms with E-state index in [4.69, 9.17) is 4.98 Å². The third kappa shape index (κ3) is 3.05. The van der Waals surface area contributed by atoms with Crippen LogP contribution in [0.3, 0.4) is 0 Å². The highest BCUT2D eigenvalue weighted by molar-refractivity contribution is 7.18. The minimum Gasteiger partial charge on any atom is -0.319 e. The molecule has 0 aliphatic heterocycles. The van der Waals surface area contributed by atoms with Gasteiger partial charge in [-0.1, -0.05) is 26.0 Å². The van der Waals surface area contributed by atoms with Gasteiger partial charge in [0.05, 0.1) is 15.2 Å². The quantitative estimate of drug-likeness (QED) is 0.878. The molecule has 17 heavy (non-hydrogen) atoms. The number of para-hydroxylation sites is 1. The molecule has 0 aliphatic rings. The molecule has 0 fully saturated rings. The molecule has 2 unspecified atom stereocenters. The third-order valence-electron chi connectivity index (χ3n) is 3.33. The fraction of sp³-hybridized carbons (Fsp3) is 0.500. The number of nitrogens with one attached hydrogen (secondary N) is 1. The zero-order valence-corrected chi connectivity index (χ0v) is 11.6. The maximum atomic E-state index is 4.69. The standard InChI is InChI=1S/C14H20N2S/c1-10(11(2)9-15-3)8-14-16-12-6-4-5-7-13(12)17-14/h4-7,10-11,15H,8-9H2,1-3H3. The van der Waals surface area contributed by atoms with E-state index in [2.05, 4.69) is 43.4 Å². The third-order valence-corrected chi connectivity index (χ3v) is 4.39. The molecule has 1 aromatic heterocycles. The van der Waals surface area contributed by atoms with E-state index < -0.39 is 0 Å². The van der Waals surface area contributed by atoms with Crippen molar-refractivity contribution in [2.75, 3.05) is 13.6 Å². The molecule has 0 spiro atoms. The molecule has 1 heterocycles. The van der Waals surface area contributed by atoms with Crippen molar-refractivity contribution in [1.82, 2.24) is 10.3 Å². The number of aromatic nitrogens is 1. The predicted octanol–water partition coefficient (Wildman–Crippen LogP) is 3.33. The summed E-state index contributed by atoms with van der Waals surface area (Å²) in [5.74, 6) is 1.36. The lowest BCUT2D eigenvalue weighted by atomic mass is 9.93. The average Bonchev–Trinajstić information content (AvgIpc) is 2.71. The van der Waals surface area contributed by atoms with Gasteiger partial charge in [0.15, 0.2) is 0 Å². The molecule has 0 saturated carbocycles. The maximum absolute atomic E-state index is 4.69. The summed E-state index contributed by atoms with van der Waals surface area (Å²) in [7, 11) is 2.01. The van der Waals surface area contributed by atoms with Gasteiger partial charge in [0.25, 0.3) is 0 Å². The van der Waals surface area contributed by atoms with Crippen molar-refractivity contribution in [3.63, 3.8) is 0 Å². The predicted molar refractivity (Wildman–Crippen MR) is 75.6 cm³/mol. The van der Waals surface area contributed by atoms with Gasteiger partial charge >= 0.3 is 0 Å². The average molecular weight is 248 g/mol. The van der Waals surface area contributed by atoms with Crippen LogP contribution in [-0.4, -0.2) is 18.6 Å². The highest BCUT2D eigenvalue weighted by atomic mass is 32.1. The first-order valence-electron chi connectivity index (χ1n) is 6.19. The Kier molecular flexibility index (Phi) is 4.13. The van der Waals surface area contributed by atoms with Crippen LogP contribution in [0.25, 0.3) is 10.2 Å². The molecule has 3 heteroatoms. The minimum absolute atomic E-state index is 0.669. The van der Waals surface area contributed by atoms with Gasteiger partial charge in [-0.05, 0) is 37.6 Å². The summed E-state index contributed by atoms with van der Waals surface area (Å²) in [4.78, 5) is 4.69. The van der Waals surface area contributed by atoms with E-state index in [0.29, 0.717) is 11.8 Å². The largest absolute Gasteiger partial charge is 0.319 e. The van der Waals surface area contributed by atoms with Crippen LogP contribution in [0.1, 0.15) is 18.9 Å². The molecule has 2 rings (SSSR count). The Balaban J connectivity index is 2.07. The number of rotatable bonds is 5. The van der Waals surface area contributed by atoms with Crippen molar-refractivity contribution in [2.45, 2.75) is 20.3 Å². The zero-order valence-electron chi connectivity index (χ0n) is 10.7. The highest BCUT2D eigenvalue weighted by Crippen LogP contribution is 2.25. The van der Waals surface area contributed by atoms with Crippen molar-refractivity contribution < 1.29 is 0 Å². The maximum Gasteiger partial charge on any atom is 0.0941 e. The molecule has 1 aromatic carbocycles. The molecule has 2 nitrogen and oxygen atoms in total. The molecule has 2 aromatic rings. The molecule has 0 saturated heterocycles. The van der Waals surface area contributed by atoms with E-state index in [0.717, 1.165) is 18.5 Å². The van der Waals surface area contributed by atoms with E-state index in [-0.39, 0.29) is 0 Å². The van der Waals surface area contributed by atoms with Crippen molar-refractivity contribution in [3.05, 3.63) is 29.3 Å². The fourth-order valence-corrected chi connectivity index (χ4v) is 3.12. The van der Waals surface area contributed by atoms with Crippen LogP contribution in [0.15, 0.2) is 24.3 Å². The zero-order chi connectivity index (χ0) is 12.3. The Morgan fingerprint density at radius 3 is 2.71 bits per heavy atom. The molecule has 0 aliphatic carbocycles. The highest BCUT2D eigenvalue weighted by Gasteiger charge is 2.14. The van der Waals surface area contributed by atoms with Gasteiger partial charge in [-0.2, -0.15) is 0 Å². The van der Waals surface area contributed by atoms with Crippen LogP contribution in [0.4, 0.5) is 0 Å². The van der Waals surface area contributed by atoms with Crippen molar-refractivity contribution in [1.29, 1.82) is 0 Å². The van der Waals surface area contributed by atoms with Crippen LogP contribution >= 0.6 is 11.3 Å². The Labute approximate surface area is 107 Å². The topological polar surface area (TPSA) is 24.9 Å². The summed E-state index contributed by atoms with van der Waals surface area (Å²) in [5, 5.41) is 4.51. The van der Waals surface area contributed by atoms with Crippen LogP contribution < -0.4 is 5.32 Å². The van der Waals surface area contributed by atoms with Gasteiger partial charge in [0.2, 0.25) is 0 Å². The number of hydrogen-bond acceptors (Lipinski definition) is 3. The Morgan fingerprint density at radius 1 is 1.24 bits per heavy atom. The molecule has 92 valence electrons. The molecule has 1 N–H and O–H groups in total. The summed E-state index contributed by atoms with van der Waals surface area (Å²) >= 11 is 1.83. The number of fused-ring (bicyclic) bond motifs is 1. The number of nitrogens with zero attached hydrogens (tertiary/aromatic N) is 1. The number of benzene rings is 1. The normalized spacial score (nSPS) is 15.0. The van der Waals surface area contributed by atoms with Gasteiger partial charge in [-0.3, -0.25) is 0 Å². The summed E-state index contributed by atoms with van der Waals surface area (Å²) in [6, 6.07) is 8.38. The first-order chi connectivity index (χ1) is 8.20. The lowest BCUT2D eigenvalue weighted by Gasteiger charge is -2.18. The van der Waals surface area contributed by atoms with Crippen LogP contribution in [-0.2, 0) is 6.42 Å². The number of hydrogen-bond donors (Lipinski definition) is 1. The first-order valence-corrected chi connectivity index (χ1v) is 7.01. The summed E-state index contributed by atoms with van der Waals surface area (Å²) in [6.07, 6.45) is 1.09. The molecule has 0 bridgehead atoms. The summed E-state index contributed by atoms with van der Waals surface area (Å²) < 4.78 is 1.30. The first kappa shape index (κ1) is 12.5. The molecule has 0 amide bonds. The van der Waals surface area contributed by atoms with Crippen molar-refractivity contribution in [3.8, 4) is 0 Å². The van der Waals surface area contributed by atoms with E-state index in [1.165, 1.54) is 9.71 Å². The summed E-state index contributed by atoms with van der Waals surface area (Å²) in [5.41, 5.74) is 1.14. The van der Waals surface area contributed by atoms with Crippen LogP contribution in [0.2, 0.25) is 0 Å². The molecular weight excluding hydrogens is 228 g/mol. The van der Waals surface area contributed by atoms with Crippen LogP contribution in [0, 0.1) is 11.8 Å². The lowest BCUT2D eigenvalue weighted by molar-refractivity contribution is 0.374. The second-order valence-corrected chi connectivity index (χ2v) is 5.91. The van der Waals surface area contributed by atoms with Gasteiger partial charge in [-0.15, -0.1) is 11.3 Å². The minimum atomic E-state index is 0.669. The smallest absolute Gasteiger partial charge is 0.0941 e. The molecular formula is C14H20N2S. The Morgan fingerprint density at radius 2 is 2.00 bits per heavy atom. The van der Waals surface area contributed by atoms with Crippen molar-refractivity contribution >= 4 is 21.6 Å². The van der Waals surface area contributed by atoms with Gasteiger partial charge in [-0.25, -0.2) is 4.98 Å². The monoisotopic (exact) mass is 248 g/mol.